The van der Waals surface area contributed by atoms with E-state index >= 15 is 0 Å². The Kier molecular flexibility index (Phi) is 3.41. The molecule has 0 bridgehead atoms. The Morgan fingerprint density at radius 3 is 3.05 bits per heavy atom. The van der Waals surface area contributed by atoms with Gasteiger partial charge in [0.25, 0.3) is 0 Å². The standard InChI is InChI=1S/C14H21N3O2/c1-10-14(18,6-7-19-10)8-15-13-11-4-2-3-5-12(11)16-9-17-13/h9-10,18H,2-8H2,1H3,(H,15,16,17). The van der Waals surface area contributed by atoms with Crippen LogP contribution in [0.15, 0.2) is 6.33 Å². The summed E-state index contributed by atoms with van der Waals surface area (Å²) < 4.78 is 5.45. The third-order valence-electron chi connectivity index (χ3n) is 4.35. The van der Waals surface area contributed by atoms with E-state index in [9.17, 15) is 5.11 Å². The fraction of sp³-hybridized carbons (Fsp3) is 0.714. The van der Waals surface area contributed by atoms with Gasteiger partial charge < -0.3 is 15.2 Å². The van der Waals surface area contributed by atoms with Crippen LogP contribution in [-0.2, 0) is 17.6 Å². The minimum atomic E-state index is -0.785. The summed E-state index contributed by atoms with van der Waals surface area (Å²) in [7, 11) is 0. The Balaban J connectivity index is 1.73. The van der Waals surface area contributed by atoms with Crippen molar-refractivity contribution >= 4 is 5.82 Å². The van der Waals surface area contributed by atoms with Crippen molar-refractivity contribution in [2.45, 2.75) is 50.7 Å². The van der Waals surface area contributed by atoms with Gasteiger partial charge in [0.1, 0.15) is 17.7 Å². The fourth-order valence-corrected chi connectivity index (χ4v) is 2.91. The number of rotatable bonds is 3. The zero-order chi connectivity index (χ0) is 13.3. The average molecular weight is 263 g/mol. The first-order valence-corrected chi connectivity index (χ1v) is 7.10. The maximum atomic E-state index is 10.5. The summed E-state index contributed by atoms with van der Waals surface area (Å²) in [6, 6.07) is 0. The van der Waals surface area contributed by atoms with Crippen molar-refractivity contribution in [1.29, 1.82) is 0 Å². The number of ether oxygens (including phenoxy) is 1. The zero-order valence-corrected chi connectivity index (χ0v) is 11.4. The zero-order valence-electron chi connectivity index (χ0n) is 11.4. The minimum absolute atomic E-state index is 0.127. The van der Waals surface area contributed by atoms with Crippen LogP contribution >= 0.6 is 0 Å². The van der Waals surface area contributed by atoms with E-state index in [-0.39, 0.29) is 6.10 Å². The van der Waals surface area contributed by atoms with Crippen molar-refractivity contribution in [2.24, 2.45) is 0 Å². The van der Waals surface area contributed by atoms with E-state index in [0.717, 1.165) is 24.4 Å². The molecule has 2 heterocycles. The molecule has 19 heavy (non-hydrogen) atoms. The topological polar surface area (TPSA) is 67.3 Å². The Bertz CT molecular complexity index is 466. The fourth-order valence-electron chi connectivity index (χ4n) is 2.91. The molecule has 104 valence electrons. The highest BCUT2D eigenvalue weighted by molar-refractivity contribution is 5.47. The summed E-state index contributed by atoms with van der Waals surface area (Å²) >= 11 is 0. The summed E-state index contributed by atoms with van der Waals surface area (Å²) in [4.78, 5) is 8.69. The summed E-state index contributed by atoms with van der Waals surface area (Å²) in [6.45, 7) is 3.03. The number of aliphatic hydroxyl groups is 1. The van der Waals surface area contributed by atoms with E-state index in [4.69, 9.17) is 4.74 Å². The largest absolute Gasteiger partial charge is 0.385 e. The lowest BCUT2D eigenvalue weighted by molar-refractivity contribution is -0.0176. The number of aryl methyl sites for hydroxylation is 1. The first kappa shape index (κ1) is 12.8. The molecule has 0 radical (unpaired) electrons. The van der Waals surface area contributed by atoms with Gasteiger partial charge in [-0.25, -0.2) is 9.97 Å². The second kappa shape index (κ2) is 5.06. The number of fused-ring (bicyclic) bond motifs is 1. The summed E-state index contributed by atoms with van der Waals surface area (Å²) in [5.41, 5.74) is 1.60. The van der Waals surface area contributed by atoms with Crippen molar-refractivity contribution in [3.8, 4) is 0 Å². The Hall–Kier alpha value is -1.20. The van der Waals surface area contributed by atoms with E-state index in [1.807, 2.05) is 6.92 Å². The Morgan fingerprint density at radius 1 is 1.42 bits per heavy atom. The molecular formula is C14H21N3O2. The molecule has 0 amide bonds. The molecule has 1 aliphatic heterocycles. The molecule has 2 unspecified atom stereocenters. The van der Waals surface area contributed by atoms with Gasteiger partial charge in [0.15, 0.2) is 0 Å². The summed E-state index contributed by atoms with van der Waals surface area (Å²) in [6.07, 6.45) is 6.63. The third-order valence-corrected chi connectivity index (χ3v) is 4.35. The molecular weight excluding hydrogens is 242 g/mol. The Morgan fingerprint density at radius 2 is 2.26 bits per heavy atom. The molecule has 0 aromatic carbocycles. The van der Waals surface area contributed by atoms with E-state index in [1.165, 1.54) is 18.4 Å². The summed E-state index contributed by atoms with van der Waals surface area (Å²) in [5.74, 6) is 0.886. The van der Waals surface area contributed by atoms with Gasteiger partial charge in [-0.2, -0.15) is 0 Å². The molecule has 1 aliphatic carbocycles. The molecule has 1 saturated heterocycles. The Labute approximate surface area is 113 Å². The predicted octanol–water partition coefficient (Wildman–Crippen LogP) is 1.31. The molecule has 5 heteroatoms. The molecule has 1 fully saturated rings. The van der Waals surface area contributed by atoms with Crippen LogP contribution in [0.4, 0.5) is 5.82 Å². The van der Waals surface area contributed by atoms with E-state index in [2.05, 4.69) is 15.3 Å². The highest BCUT2D eigenvalue weighted by atomic mass is 16.5. The number of hydrogen-bond acceptors (Lipinski definition) is 5. The van der Waals surface area contributed by atoms with Crippen molar-refractivity contribution in [2.75, 3.05) is 18.5 Å². The van der Waals surface area contributed by atoms with Gasteiger partial charge in [0, 0.05) is 30.8 Å². The second-order valence-corrected chi connectivity index (χ2v) is 5.57. The van der Waals surface area contributed by atoms with Gasteiger partial charge >= 0.3 is 0 Å². The van der Waals surface area contributed by atoms with Gasteiger partial charge in [-0.1, -0.05) is 0 Å². The van der Waals surface area contributed by atoms with Gasteiger partial charge in [-0.15, -0.1) is 0 Å². The van der Waals surface area contributed by atoms with Crippen LogP contribution < -0.4 is 5.32 Å². The van der Waals surface area contributed by atoms with Crippen LogP contribution in [0.3, 0.4) is 0 Å². The molecule has 0 spiro atoms. The van der Waals surface area contributed by atoms with Crippen LogP contribution in [0.25, 0.3) is 0 Å². The van der Waals surface area contributed by atoms with E-state index in [0.29, 0.717) is 19.6 Å². The van der Waals surface area contributed by atoms with Crippen molar-refractivity contribution in [3.05, 3.63) is 17.6 Å². The number of nitrogens with zero attached hydrogens (tertiary/aromatic N) is 2. The molecule has 0 saturated carbocycles. The predicted molar refractivity (Wildman–Crippen MR) is 72.1 cm³/mol. The van der Waals surface area contributed by atoms with Crippen molar-refractivity contribution in [1.82, 2.24) is 9.97 Å². The van der Waals surface area contributed by atoms with Gasteiger partial charge in [-0.05, 0) is 32.6 Å². The lowest BCUT2D eigenvalue weighted by Gasteiger charge is -2.27. The molecule has 2 N–H and O–H groups in total. The van der Waals surface area contributed by atoms with Crippen LogP contribution in [0.5, 0.6) is 0 Å². The molecule has 3 rings (SSSR count). The highest BCUT2D eigenvalue weighted by Gasteiger charge is 2.39. The van der Waals surface area contributed by atoms with E-state index < -0.39 is 5.60 Å². The molecule has 2 atom stereocenters. The second-order valence-electron chi connectivity index (χ2n) is 5.57. The van der Waals surface area contributed by atoms with Gasteiger partial charge in [-0.3, -0.25) is 0 Å². The third kappa shape index (κ3) is 2.44. The normalized spacial score (nSPS) is 30.1. The first-order chi connectivity index (χ1) is 9.19. The molecule has 5 nitrogen and oxygen atoms in total. The van der Waals surface area contributed by atoms with Crippen LogP contribution in [-0.4, -0.2) is 39.9 Å². The van der Waals surface area contributed by atoms with Gasteiger partial charge in [0.2, 0.25) is 0 Å². The van der Waals surface area contributed by atoms with Crippen LogP contribution in [0, 0.1) is 0 Å². The number of aromatic nitrogens is 2. The minimum Gasteiger partial charge on any atom is -0.385 e. The number of anilines is 1. The maximum absolute atomic E-state index is 10.5. The molecule has 1 aromatic rings. The monoisotopic (exact) mass is 263 g/mol. The van der Waals surface area contributed by atoms with Gasteiger partial charge in [0.05, 0.1) is 6.10 Å². The van der Waals surface area contributed by atoms with Crippen LogP contribution in [0.1, 0.15) is 37.4 Å². The van der Waals surface area contributed by atoms with Crippen molar-refractivity contribution in [3.63, 3.8) is 0 Å². The quantitative estimate of drug-likeness (QED) is 0.860. The SMILES string of the molecule is CC1OCCC1(O)CNc1ncnc2c1CCCC2. The lowest BCUT2D eigenvalue weighted by atomic mass is 9.95. The molecule has 2 aliphatic rings. The number of hydrogen-bond donors (Lipinski definition) is 2. The lowest BCUT2D eigenvalue weighted by Crippen LogP contribution is -2.43. The van der Waals surface area contributed by atoms with Crippen LogP contribution in [0.2, 0.25) is 0 Å². The average Bonchev–Trinajstić information content (AvgIpc) is 2.77. The maximum Gasteiger partial charge on any atom is 0.132 e. The smallest absolute Gasteiger partial charge is 0.132 e. The number of nitrogens with one attached hydrogen (secondary N) is 1. The first-order valence-electron chi connectivity index (χ1n) is 7.10. The summed E-state index contributed by atoms with van der Waals surface area (Å²) in [5, 5.41) is 13.8. The van der Waals surface area contributed by atoms with E-state index in [1.54, 1.807) is 6.33 Å². The highest BCUT2D eigenvalue weighted by Crippen LogP contribution is 2.28. The van der Waals surface area contributed by atoms with Crippen molar-refractivity contribution < 1.29 is 9.84 Å². The molecule has 1 aromatic heterocycles.